The van der Waals surface area contributed by atoms with Gasteiger partial charge in [-0.2, -0.15) is 0 Å². The van der Waals surface area contributed by atoms with E-state index in [0.717, 1.165) is 5.56 Å². The number of esters is 1. The quantitative estimate of drug-likeness (QED) is 0.130. The Morgan fingerprint density at radius 1 is 1.14 bits per heavy atom. The van der Waals surface area contributed by atoms with Crippen molar-refractivity contribution < 1.29 is 14.3 Å². The van der Waals surface area contributed by atoms with Crippen molar-refractivity contribution >= 4 is 29.2 Å². The van der Waals surface area contributed by atoms with Crippen LogP contribution in [0.3, 0.4) is 0 Å². The molecular formula is C25H29N7O4. The first kappa shape index (κ1) is 25.9. The lowest BCUT2D eigenvalue weighted by atomic mass is 10.1. The lowest BCUT2D eigenvalue weighted by Crippen LogP contribution is -2.35. The first-order valence-electron chi connectivity index (χ1n) is 11.1. The second-order valence-electron chi connectivity index (χ2n) is 8.40. The molecule has 188 valence electrons. The molecule has 1 aromatic heterocycles. The van der Waals surface area contributed by atoms with Gasteiger partial charge in [-0.1, -0.05) is 24.3 Å². The predicted molar refractivity (Wildman–Crippen MR) is 138 cm³/mol. The molecule has 3 aromatic rings. The molecule has 0 spiro atoms. The Balaban J connectivity index is 1.93. The van der Waals surface area contributed by atoms with Gasteiger partial charge in [0.15, 0.2) is 5.82 Å². The molecule has 0 aliphatic rings. The number of hydrogen-bond acceptors (Lipinski definition) is 8. The van der Waals surface area contributed by atoms with Crippen LogP contribution < -0.4 is 27.7 Å². The molecule has 0 aliphatic heterocycles. The zero-order valence-corrected chi connectivity index (χ0v) is 20.3. The Kier molecular flexibility index (Phi) is 8.05. The number of carbonyl (C=O) groups excluding carboxylic acids is 2. The molecule has 1 amide bonds. The standard InChI is InChI=1S/C25H29N7O4/c1-14(2)31-23-24(34)32(13-21(33)29-11-15-4-6-16(7-5-15)22(27)28)20(12-30-23)17-8-18(25(35)36-3)10-19(26)9-17/h4-10,12,14H,11,13,26H2,1-3H3,(H3,27,28)(H,29,33)(H,30,31). The molecule has 3 rings (SSSR count). The van der Waals surface area contributed by atoms with Crippen LogP contribution in [0, 0.1) is 5.41 Å². The summed E-state index contributed by atoms with van der Waals surface area (Å²) >= 11 is 0. The predicted octanol–water partition coefficient (Wildman–Crippen LogP) is 1.70. The Bertz CT molecular complexity index is 1350. The second-order valence-corrected chi connectivity index (χ2v) is 8.40. The molecule has 0 radical (unpaired) electrons. The number of nitrogen functional groups attached to an aromatic ring is 2. The molecule has 36 heavy (non-hydrogen) atoms. The van der Waals surface area contributed by atoms with Gasteiger partial charge >= 0.3 is 5.97 Å². The number of rotatable bonds is 9. The number of nitrogens with two attached hydrogens (primary N) is 2. The molecular weight excluding hydrogens is 462 g/mol. The SMILES string of the molecule is COC(=O)c1cc(N)cc(-c2cnc(NC(C)C)c(=O)n2CC(=O)NCc2ccc(C(=N)N)cc2)c1. The molecule has 0 atom stereocenters. The molecule has 0 saturated heterocycles. The number of anilines is 2. The molecule has 0 unspecified atom stereocenters. The summed E-state index contributed by atoms with van der Waals surface area (Å²) in [5, 5.41) is 13.2. The zero-order chi connectivity index (χ0) is 26.4. The van der Waals surface area contributed by atoms with Gasteiger partial charge in [-0.15, -0.1) is 0 Å². The molecule has 7 N–H and O–H groups in total. The number of nitrogens with zero attached hydrogens (tertiary/aromatic N) is 2. The van der Waals surface area contributed by atoms with Crippen LogP contribution >= 0.6 is 0 Å². The molecule has 0 fully saturated rings. The van der Waals surface area contributed by atoms with Crippen LogP contribution in [0.25, 0.3) is 11.3 Å². The van der Waals surface area contributed by atoms with E-state index in [0.29, 0.717) is 16.8 Å². The first-order valence-corrected chi connectivity index (χ1v) is 11.1. The molecule has 1 heterocycles. The van der Waals surface area contributed by atoms with E-state index in [1.54, 1.807) is 30.3 Å². The third-order valence-electron chi connectivity index (χ3n) is 5.21. The fourth-order valence-electron chi connectivity index (χ4n) is 3.49. The number of ether oxygens (including phenoxy) is 1. The molecule has 2 aromatic carbocycles. The number of methoxy groups -OCH3 is 1. The van der Waals surface area contributed by atoms with Crippen LogP contribution in [0.15, 0.2) is 53.5 Å². The van der Waals surface area contributed by atoms with E-state index in [4.69, 9.17) is 21.6 Å². The highest BCUT2D eigenvalue weighted by atomic mass is 16.5. The zero-order valence-electron chi connectivity index (χ0n) is 20.3. The lowest BCUT2D eigenvalue weighted by Gasteiger charge is -2.17. The summed E-state index contributed by atoms with van der Waals surface area (Å²) in [4.78, 5) is 42.4. The van der Waals surface area contributed by atoms with Crippen molar-refractivity contribution in [2.24, 2.45) is 5.73 Å². The average Bonchev–Trinajstić information content (AvgIpc) is 2.84. The van der Waals surface area contributed by atoms with Crippen molar-refractivity contribution in [2.75, 3.05) is 18.2 Å². The van der Waals surface area contributed by atoms with E-state index in [-0.39, 0.29) is 42.0 Å². The summed E-state index contributed by atoms with van der Waals surface area (Å²) in [6, 6.07) is 11.4. The topological polar surface area (TPSA) is 178 Å². The van der Waals surface area contributed by atoms with E-state index in [1.807, 2.05) is 13.8 Å². The highest BCUT2D eigenvalue weighted by Crippen LogP contribution is 2.24. The molecule has 11 nitrogen and oxygen atoms in total. The summed E-state index contributed by atoms with van der Waals surface area (Å²) in [5.74, 6) is -0.943. The molecule has 0 saturated carbocycles. The van der Waals surface area contributed by atoms with Gasteiger partial charge in [0.1, 0.15) is 12.4 Å². The highest BCUT2D eigenvalue weighted by Gasteiger charge is 2.18. The van der Waals surface area contributed by atoms with Gasteiger partial charge in [0, 0.05) is 29.4 Å². The van der Waals surface area contributed by atoms with Crippen molar-refractivity contribution in [3.63, 3.8) is 0 Å². The van der Waals surface area contributed by atoms with E-state index >= 15 is 0 Å². The summed E-state index contributed by atoms with van der Waals surface area (Å²) in [5.41, 5.74) is 13.6. The summed E-state index contributed by atoms with van der Waals surface area (Å²) in [7, 11) is 1.26. The Labute approximate surface area is 208 Å². The van der Waals surface area contributed by atoms with Crippen LogP contribution in [0.5, 0.6) is 0 Å². The van der Waals surface area contributed by atoms with E-state index in [1.165, 1.54) is 30.0 Å². The van der Waals surface area contributed by atoms with Crippen LogP contribution in [0.2, 0.25) is 0 Å². The third-order valence-corrected chi connectivity index (χ3v) is 5.21. The number of carbonyl (C=O) groups is 2. The van der Waals surface area contributed by atoms with Crippen LogP contribution in [0.4, 0.5) is 11.5 Å². The van der Waals surface area contributed by atoms with Crippen molar-refractivity contribution in [3.8, 4) is 11.3 Å². The van der Waals surface area contributed by atoms with E-state index in [9.17, 15) is 14.4 Å². The van der Waals surface area contributed by atoms with Crippen LogP contribution in [-0.4, -0.2) is 40.4 Å². The minimum absolute atomic E-state index is 0.0436. The van der Waals surface area contributed by atoms with Gasteiger partial charge in [-0.25, -0.2) is 9.78 Å². The van der Waals surface area contributed by atoms with Crippen LogP contribution in [-0.2, 0) is 22.6 Å². The van der Waals surface area contributed by atoms with Crippen molar-refractivity contribution in [1.82, 2.24) is 14.9 Å². The van der Waals surface area contributed by atoms with Gasteiger partial charge in [0.05, 0.1) is 24.6 Å². The fourth-order valence-corrected chi connectivity index (χ4v) is 3.49. The number of nitrogens with one attached hydrogen (secondary N) is 3. The lowest BCUT2D eigenvalue weighted by molar-refractivity contribution is -0.121. The van der Waals surface area contributed by atoms with Crippen molar-refractivity contribution in [2.45, 2.75) is 33.0 Å². The number of hydrogen-bond donors (Lipinski definition) is 5. The van der Waals surface area contributed by atoms with Crippen molar-refractivity contribution in [1.29, 1.82) is 5.41 Å². The smallest absolute Gasteiger partial charge is 0.337 e. The molecule has 11 heteroatoms. The van der Waals surface area contributed by atoms with Gasteiger partial charge in [0.2, 0.25) is 5.91 Å². The van der Waals surface area contributed by atoms with Gasteiger partial charge in [-0.05, 0) is 37.6 Å². The van der Waals surface area contributed by atoms with Gasteiger partial charge in [-0.3, -0.25) is 19.6 Å². The summed E-state index contributed by atoms with van der Waals surface area (Å²) in [6.07, 6.45) is 1.45. The summed E-state index contributed by atoms with van der Waals surface area (Å²) in [6.45, 7) is 3.65. The number of aromatic nitrogens is 2. The van der Waals surface area contributed by atoms with Crippen LogP contribution in [0.1, 0.15) is 35.3 Å². The maximum atomic E-state index is 13.3. The fraction of sp³-hybridized carbons (Fsp3) is 0.240. The minimum Gasteiger partial charge on any atom is -0.465 e. The van der Waals surface area contributed by atoms with Crippen molar-refractivity contribution in [3.05, 3.63) is 75.7 Å². The highest BCUT2D eigenvalue weighted by molar-refractivity contribution is 5.95. The summed E-state index contributed by atoms with van der Waals surface area (Å²) < 4.78 is 6.07. The number of benzene rings is 2. The molecule has 0 bridgehead atoms. The minimum atomic E-state index is -0.586. The average molecular weight is 492 g/mol. The van der Waals surface area contributed by atoms with Gasteiger partial charge < -0.3 is 26.8 Å². The second kappa shape index (κ2) is 11.2. The maximum Gasteiger partial charge on any atom is 0.337 e. The monoisotopic (exact) mass is 491 g/mol. The Hall–Kier alpha value is -4.67. The van der Waals surface area contributed by atoms with Gasteiger partial charge in [0.25, 0.3) is 5.56 Å². The molecule has 0 aliphatic carbocycles. The Morgan fingerprint density at radius 3 is 2.44 bits per heavy atom. The number of amidine groups is 1. The Morgan fingerprint density at radius 2 is 1.83 bits per heavy atom. The normalized spacial score (nSPS) is 10.7. The number of amides is 1. The van der Waals surface area contributed by atoms with E-state index in [2.05, 4.69) is 15.6 Å². The first-order chi connectivity index (χ1) is 17.1. The van der Waals surface area contributed by atoms with E-state index < -0.39 is 17.4 Å². The third kappa shape index (κ3) is 6.26. The largest absolute Gasteiger partial charge is 0.465 e. The maximum absolute atomic E-state index is 13.3.